The molecule has 3 heteroatoms. The van der Waals surface area contributed by atoms with Gasteiger partial charge in [-0.05, 0) is 48.4 Å². The third-order valence-corrected chi connectivity index (χ3v) is 3.22. The van der Waals surface area contributed by atoms with Gasteiger partial charge in [-0.3, -0.25) is 4.79 Å². The van der Waals surface area contributed by atoms with Crippen LogP contribution in [-0.2, 0) is 6.42 Å². The normalized spacial score (nSPS) is 10.3. The number of rotatable bonds is 4. The molecule has 98 valence electrons. The number of hydrogen-bond acceptors (Lipinski definition) is 2. The van der Waals surface area contributed by atoms with Gasteiger partial charge in [-0.25, -0.2) is 0 Å². The largest absolute Gasteiger partial charge is 0.497 e. The van der Waals surface area contributed by atoms with Gasteiger partial charge in [0.2, 0.25) is 0 Å². The second kappa shape index (κ2) is 5.89. The third-order valence-electron chi connectivity index (χ3n) is 2.99. The summed E-state index contributed by atoms with van der Waals surface area (Å²) in [6.45, 7) is 1.91. The van der Waals surface area contributed by atoms with Gasteiger partial charge in [0.25, 0.3) is 0 Å². The molecule has 0 aliphatic carbocycles. The van der Waals surface area contributed by atoms with Crippen LogP contribution in [-0.4, -0.2) is 12.9 Å². The summed E-state index contributed by atoms with van der Waals surface area (Å²) < 4.78 is 5.14. The standard InChI is InChI=1S/C16H15ClO2/c1-11-8-14(19-2)6-7-15(11)16(18)10-12-4-3-5-13(17)9-12/h3-9H,10H2,1-2H3. The van der Waals surface area contributed by atoms with Crippen molar-refractivity contribution in [3.05, 3.63) is 64.2 Å². The Hall–Kier alpha value is -1.80. The predicted molar refractivity (Wildman–Crippen MR) is 77.2 cm³/mol. The van der Waals surface area contributed by atoms with Gasteiger partial charge in [-0.15, -0.1) is 0 Å². The van der Waals surface area contributed by atoms with E-state index in [9.17, 15) is 4.79 Å². The molecule has 2 rings (SSSR count). The number of carbonyl (C=O) groups is 1. The van der Waals surface area contributed by atoms with Crippen molar-refractivity contribution in [1.29, 1.82) is 0 Å². The van der Waals surface area contributed by atoms with Crippen molar-refractivity contribution >= 4 is 17.4 Å². The number of halogens is 1. The van der Waals surface area contributed by atoms with E-state index in [1.165, 1.54) is 0 Å². The Morgan fingerprint density at radius 3 is 2.63 bits per heavy atom. The molecule has 19 heavy (non-hydrogen) atoms. The van der Waals surface area contributed by atoms with E-state index < -0.39 is 0 Å². The minimum absolute atomic E-state index is 0.0856. The molecule has 0 saturated heterocycles. The summed E-state index contributed by atoms with van der Waals surface area (Å²) in [5.41, 5.74) is 2.57. The lowest BCUT2D eigenvalue weighted by atomic mass is 9.99. The summed E-state index contributed by atoms with van der Waals surface area (Å²) in [5, 5.41) is 0.650. The number of aryl methyl sites for hydroxylation is 1. The van der Waals surface area contributed by atoms with Crippen LogP contribution < -0.4 is 4.74 Å². The Labute approximate surface area is 118 Å². The summed E-state index contributed by atoms with van der Waals surface area (Å²) >= 11 is 5.92. The molecule has 0 atom stereocenters. The Morgan fingerprint density at radius 1 is 1.21 bits per heavy atom. The van der Waals surface area contributed by atoms with E-state index in [1.54, 1.807) is 25.3 Å². The van der Waals surface area contributed by atoms with Crippen molar-refractivity contribution in [2.75, 3.05) is 7.11 Å². The maximum absolute atomic E-state index is 12.3. The second-order valence-electron chi connectivity index (χ2n) is 4.41. The Bertz CT molecular complexity index is 605. The molecule has 0 aliphatic heterocycles. The summed E-state index contributed by atoms with van der Waals surface area (Å²) in [4.78, 5) is 12.3. The molecule has 0 saturated carbocycles. The highest BCUT2D eigenvalue weighted by Crippen LogP contribution is 2.19. The number of ketones is 1. The first-order valence-corrected chi connectivity index (χ1v) is 6.40. The van der Waals surface area contributed by atoms with Gasteiger partial charge in [0, 0.05) is 17.0 Å². The van der Waals surface area contributed by atoms with Crippen LogP contribution in [0.5, 0.6) is 5.75 Å². The summed E-state index contributed by atoms with van der Waals surface area (Å²) in [6.07, 6.45) is 0.355. The van der Waals surface area contributed by atoms with Gasteiger partial charge in [0.1, 0.15) is 5.75 Å². The molecule has 0 amide bonds. The van der Waals surface area contributed by atoms with Crippen LogP contribution in [0.15, 0.2) is 42.5 Å². The zero-order valence-corrected chi connectivity index (χ0v) is 11.7. The molecular formula is C16H15ClO2. The molecule has 0 radical (unpaired) electrons. The van der Waals surface area contributed by atoms with E-state index >= 15 is 0 Å². The molecule has 0 N–H and O–H groups in total. The average molecular weight is 275 g/mol. The van der Waals surface area contributed by atoms with E-state index in [0.717, 1.165) is 22.4 Å². The van der Waals surface area contributed by atoms with E-state index in [1.807, 2.05) is 31.2 Å². The highest BCUT2D eigenvalue weighted by atomic mass is 35.5. The highest BCUT2D eigenvalue weighted by molar-refractivity contribution is 6.30. The number of methoxy groups -OCH3 is 1. The Kier molecular flexibility index (Phi) is 4.23. The topological polar surface area (TPSA) is 26.3 Å². The van der Waals surface area contributed by atoms with Crippen molar-refractivity contribution in [3.8, 4) is 5.75 Å². The minimum atomic E-state index is 0.0856. The third kappa shape index (κ3) is 3.36. The molecule has 2 nitrogen and oxygen atoms in total. The van der Waals surface area contributed by atoms with Crippen LogP contribution in [0.4, 0.5) is 0 Å². The number of benzene rings is 2. The molecule has 2 aromatic carbocycles. The molecule has 0 spiro atoms. The smallest absolute Gasteiger partial charge is 0.167 e. The molecule has 0 unspecified atom stereocenters. The first kappa shape index (κ1) is 13.6. The molecule has 0 aromatic heterocycles. The Balaban J connectivity index is 2.20. The monoisotopic (exact) mass is 274 g/mol. The van der Waals surface area contributed by atoms with Crippen LogP contribution in [0.1, 0.15) is 21.5 Å². The van der Waals surface area contributed by atoms with Crippen molar-refractivity contribution in [3.63, 3.8) is 0 Å². The Morgan fingerprint density at radius 2 is 2.00 bits per heavy atom. The molecular weight excluding hydrogens is 260 g/mol. The molecule has 0 fully saturated rings. The second-order valence-corrected chi connectivity index (χ2v) is 4.85. The van der Waals surface area contributed by atoms with Crippen molar-refractivity contribution in [1.82, 2.24) is 0 Å². The summed E-state index contributed by atoms with van der Waals surface area (Å²) in [5.74, 6) is 0.847. The fourth-order valence-corrected chi connectivity index (χ4v) is 2.22. The van der Waals surface area contributed by atoms with Gasteiger partial charge in [0.05, 0.1) is 7.11 Å². The van der Waals surface area contributed by atoms with Crippen LogP contribution in [0.2, 0.25) is 5.02 Å². The number of Topliss-reactive ketones (excluding diaryl/α,β-unsaturated/α-hetero) is 1. The van der Waals surface area contributed by atoms with E-state index in [2.05, 4.69) is 0 Å². The summed E-state index contributed by atoms with van der Waals surface area (Å²) in [6, 6.07) is 12.9. The van der Waals surface area contributed by atoms with E-state index in [-0.39, 0.29) is 5.78 Å². The lowest BCUT2D eigenvalue weighted by molar-refractivity contribution is 0.0992. The SMILES string of the molecule is COc1ccc(C(=O)Cc2cccc(Cl)c2)c(C)c1. The average Bonchev–Trinajstić information content (AvgIpc) is 2.38. The maximum atomic E-state index is 12.3. The fraction of sp³-hybridized carbons (Fsp3) is 0.188. The lowest BCUT2D eigenvalue weighted by Crippen LogP contribution is -2.05. The van der Waals surface area contributed by atoms with Gasteiger partial charge in [-0.1, -0.05) is 23.7 Å². The first-order chi connectivity index (χ1) is 9.10. The van der Waals surface area contributed by atoms with Crippen molar-refractivity contribution in [2.45, 2.75) is 13.3 Å². The van der Waals surface area contributed by atoms with Gasteiger partial charge >= 0.3 is 0 Å². The maximum Gasteiger partial charge on any atom is 0.167 e. The fourth-order valence-electron chi connectivity index (χ4n) is 2.00. The highest BCUT2D eigenvalue weighted by Gasteiger charge is 2.10. The van der Waals surface area contributed by atoms with Crippen molar-refractivity contribution in [2.24, 2.45) is 0 Å². The zero-order valence-electron chi connectivity index (χ0n) is 10.9. The van der Waals surface area contributed by atoms with Gasteiger partial charge in [-0.2, -0.15) is 0 Å². The molecule has 0 bridgehead atoms. The predicted octanol–water partition coefficient (Wildman–Crippen LogP) is 4.08. The van der Waals surface area contributed by atoms with E-state index in [0.29, 0.717) is 11.4 Å². The number of carbonyl (C=O) groups excluding carboxylic acids is 1. The molecule has 0 aliphatic rings. The molecule has 0 heterocycles. The van der Waals surface area contributed by atoms with Gasteiger partial charge in [0.15, 0.2) is 5.78 Å². The lowest BCUT2D eigenvalue weighted by Gasteiger charge is -2.07. The summed E-state index contributed by atoms with van der Waals surface area (Å²) in [7, 11) is 1.61. The quantitative estimate of drug-likeness (QED) is 0.785. The molecule has 2 aromatic rings. The van der Waals surface area contributed by atoms with Crippen LogP contribution in [0.3, 0.4) is 0 Å². The van der Waals surface area contributed by atoms with Crippen LogP contribution >= 0.6 is 11.6 Å². The number of hydrogen-bond donors (Lipinski definition) is 0. The van der Waals surface area contributed by atoms with Gasteiger partial charge < -0.3 is 4.74 Å². The van der Waals surface area contributed by atoms with Crippen LogP contribution in [0, 0.1) is 6.92 Å². The van der Waals surface area contributed by atoms with Crippen LogP contribution in [0.25, 0.3) is 0 Å². The minimum Gasteiger partial charge on any atom is -0.497 e. The number of ether oxygens (including phenoxy) is 1. The van der Waals surface area contributed by atoms with Crippen molar-refractivity contribution < 1.29 is 9.53 Å². The zero-order chi connectivity index (χ0) is 13.8. The van der Waals surface area contributed by atoms with E-state index in [4.69, 9.17) is 16.3 Å². The first-order valence-electron chi connectivity index (χ1n) is 6.02.